The fourth-order valence-corrected chi connectivity index (χ4v) is 2.70. The lowest BCUT2D eigenvalue weighted by atomic mass is 10.2. The predicted octanol–water partition coefficient (Wildman–Crippen LogP) is 2.59. The second kappa shape index (κ2) is 5.40. The number of non-ortho nitro benzene ring substituents is 1. The van der Waals surface area contributed by atoms with Gasteiger partial charge in [-0.05, 0) is 5.56 Å². The number of thiazole rings is 1. The largest absolute Gasteiger partial charge is 0.307 e. The molecule has 3 aromatic rings. The molecule has 0 atom stereocenters. The molecular weight excluding hydrogens is 276 g/mol. The zero-order valence-corrected chi connectivity index (χ0v) is 11.3. The van der Waals surface area contributed by atoms with Crippen LogP contribution in [0.3, 0.4) is 0 Å². The molecule has 6 nitrogen and oxygen atoms in total. The molecule has 7 heteroatoms. The van der Waals surface area contributed by atoms with Crippen molar-refractivity contribution in [3.8, 4) is 0 Å². The number of imidazole rings is 1. The highest BCUT2D eigenvalue weighted by molar-refractivity contribution is 7.15. The van der Waals surface area contributed by atoms with Crippen LogP contribution in [0, 0.1) is 10.1 Å². The molecule has 0 unspecified atom stereocenters. The number of nitro benzene ring substituents is 1. The van der Waals surface area contributed by atoms with Gasteiger partial charge in [-0.2, -0.15) is 0 Å². The Hall–Kier alpha value is -2.25. The van der Waals surface area contributed by atoms with Gasteiger partial charge in [0, 0.05) is 43.0 Å². The van der Waals surface area contributed by atoms with Crippen LogP contribution in [-0.2, 0) is 13.1 Å². The highest BCUT2D eigenvalue weighted by atomic mass is 32.1. The van der Waals surface area contributed by atoms with Crippen LogP contribution in [0.5, 0.6) is 0 Å². The Bertz CT molecular complexity index is 721. The van der Waals surface area contributed by atoms with Crippen molar-refractivity contribution in [2.45, 2.75) is 13.1 Å². The Labute approximate surface area is 118 Å². The highest BCUT2D eigenvalue weighted by Gasteiger charge is 2.06. The molecule has 0 amide bonds. The molecule has 0 aliphatic heterocycles. The van der Waals surface area contributed by atoms with Gasteiger partial charge in [0.25, 0.3) is 5.69 Å². The Balaban J connectivity index is 1.61. The van der Waals surface area contributed by atoms with Gasteiger partial charge < -0.3 is 5.32 Å². The van der Waals surface area contributed by atoms with Gasteiger partial charge >= 0.3 is 0 Å². The summed E-state index contributed by atoms with van der Waals surface area (Å²) in [5, 5.41) is 15.9. The van der Waals surface area contributed by atoms with Crippen molar-refractivity contribution in [2.24, 2.45) is 0 Å². The third kappa shape index (κ3) is 2.68. The quantitative estimate of drug-likeness (QED) is 0.578. The number of aromatic nitrogens is 2. The molecule has 0 fully saturated rings. The summed E-state index contributed by atoms with van der Waals surface area (Å²) in [6.07, 6.45) is 3.95. The summed E-state index contributed by atoms with van der Waals surface area (Å²) < 4.78 is 1.98. The van der Waals surface area contributed by atoms with E-state index in [1.54, 1.807) is 23.5 Å². The highest BCUT2D eigenvalue weighted by Crippen LogP contribution is 2.14. The van der Waals surface area contributed by atoms with Crippen LogP contribution >= 0.6 is 11.3 Å². The molecule has 102 valence electrons. The average molecular weight is 288 g/mol. The minimum absolute atomic E-state index is 0.117. The molecule has 1 N–H and O–H groups in total. The summed E-state index contributed by atoms with van der Waals surface area (Å²) in [5.74, 6) is 0. The summed E-state index contributed by atoms with van der Waals surface area (Å²) >= 11 is 1.59. The lowest BCUT2D eigenvalue weighted by molar-refractivity contribution is -0.384. The second-order valence-corrected chi connectivity index (χ2v) is 5.23. The van der Waals surface area contributed by atoms with E-state index in [4.69, 9.17) is 0 Å². The van der Waals surface area contributed by atoms with Gasteiger partial charge in [0.05, 0.1) is 10.6 Å². The van der Waals surface area contributed by atoms with E-state index in [-0.39, 0.29) is 10.6 Å². The van der Waals surface area contributed by atoms with E-state index >= 15 is 0 Å². The topological polar surface area (TPSA) is 72.5 Å². The van der Waals surface area contributed by atoms with Crippen LogP contribution in [0.4, 0.5) is 5.69 Å². The maximum Gasteiger partial charge on any atom is 0.269 e. The third-order valence-corrected chi connectivity index (χ3v) is 3.67. The summed E-state index contributed by atoms with van der Waals surface area (Å²) in [7, 11) is 0. The number of nitro groups is 1. The number of fused-ring (bicyclic) bond motifs is 1. The molecular formula is C13H12N4O2S. The summed E-state index contributed by atoms with van der Waals surface area (Å²) in [6.45, 7) is 1.21. The van der Waals surface area contributed by atoms with Crippen molar-refractivity contribution in [3.05, 3.63) is 63.4 Å². The van der Waals surface area contributed by atoms with Gasteiger partial charge in [-0.3, -0.25) is 14.5 Å². The molecule has 0 bridgehead atoms. The first-order valence-corrected chi connectivity index (χ1v) is 6.95. The van der Waals surface area contributed by atoms with Crippen molar-refractivity contribution >= 4 is 22.0 Å². The Morgan fingerprint density at radius 3 is 3.10 bits per heavy atom. The molecule has 0 saturated heterocycles. The Kier molecular flexibility index (Phi) is 3.44. The summed E-state index contributed by atoms with van der Waals surface area (Å²) in [6, 6.07) is 6.64. The zero-order valence-electron chi connectivity index (χ0n) is 10.5. The van der Waals surface area contributed by atoms with Crippen molar-refractivity contribution in [1.29, 1.82) is 0 Å². The molecule has 0 aliphatic carbocycles. The van der Waals surface area contributed by atoms with Gasteiger partial charge in [-0.1, -0.05) is 12.1 Å². The van der Waals surface area contributed by atoms with E-state index in [9.17, 15) is 10.1 Å². The molecule has 3 rings (SSSR count). The third-order valence-electron chi connectivity index (χ3n) is 2.90. The first-order chi connectivity index (χ1) is 9.72. The maximum atomic E-state index is 10.7. The van der Waals surface area contributed by atoms with Gasteiger partial charge in [0.15, 0.2) is 4.96 Å². The Morgan fingerprint density at radius 2 is 2.30 bits per heavy atom. The lowest BCUT2D eigenvalue weighted by Gasteiger charge is -2.02. The lowest BCUT2D eigenvalue weighted by Crippen LogP contribution is -2.13. The van der Waals surface area contributed by atoms with Crippen molar-refractivity contribution < 1.29 is 4.92 Å². The number of nitrogens with zero attached hydrogens (tertiary/aromatic N) is 3. The van der Waals surface area contributed by atoms with Gasteiger partial charge in [0.1, 0.15) is 0 Å². The standard InChI is InChI=1S/C13H12N4O2S/c18-17(19)12-3-1-2-10(6-12)7-14-8-11-9-16-4-5-20-13(16)15-11/h1-6,9,14H,7-8H2. The molecule has 0 aliphatic rings. The van der Waals surface area contributed by atoms with Crippen molar-refractivity contribution in [1.82, 2.24) is 14.7 Å². The Morgan fingerprint density at radius 1 is 1.40 bits per heavy atom. The molecule has 2 heterocycles. The van der Waals surface area contributed by atoms with Crippen LogP contribution in [0.15, 0.2) is 42.0 Å². The first-order valence-electron chi connectivity index (χ1n) is 6.07. The number of rotatable bonds is 5. The van der Waals surface area contributed by atoms with Gasteiger partial charge in [-0.25, -0.2) is 4.98 Å². The van der Waals surface area contributed by atoms with E-state index in [0.29, 0.717) is 13.1 Å². The van der Waals surface area contributed by atoms with Crippen LogP contribution in [-0.4, -0.2) is 14.3 Å². The molecule has 1 aromatic carbocycles. The fourth-order valence-electron chi connectivity index (χ4n) is 1.98. The minimum atomic E-state index is -0.382. The van der Waals surface area contributed by atoms with Crippen molar-refractivity contribution in [2.75, 3.05) is 0 Å². The number of hydrogen-bond donors (Lipinski definition) is 1. The van der Waals surface area contributed by atoms with E-state index in [1.165, 1.54) is 6.07 Å². The summed E-state index contributed by atoms with van der Waals surface area (Å²) in [4.78, 5) is 15.7. The van der Waals surface area contributed by atoms with E-state index in [0.717, 1.165) is 16.2 Å². The van der Waals surface area contributed by atoms with Crippen LogP contribution in [0.2, 0.25) is 0 Å². The van der Waals surface area contributed by atoms with Gasteiger partial charge in [-0.15, -0.1) is 11.3 Å². The number of hydrogen-bond acceptors (Lipinski definition) is 5. The van der Waals surface area contributed by atoms with E-state index in [2.05, 4.69) is 10.3 Å². The van der Waals surface area contributed by atoms with Gasteiger partial charge in [0.2, 0.25) is 0 Å². The molecule has 0 radical (unpaired) electrons. The van der Waals surface area contributed by atoms with Crippen LogP contribution in [0.25, 0.3) is 4.96 Å². The second-order valence-electron chi connectivity index (χ2n) is 4.36. The number of benzene rings is 1. The maximum absolute atomic E-state index is 10.7. The average Bonchev–Trinajstić information content (AvgIpc) is 3.00. The molecule has 20 heavy (non-hydrogen) atoms. The smallest absolute Gasteiger partial charge is 0.269 e. The summed E-state index contributed by atoms with van der Waals surface area (Å²) in [5.41, 5.74) is 1.97. The fraction of sp³-hybridized carbons (Fsp3) is 0.154. The molecule has 0 spiro atoms. The van der Waals surface area contributed by atoms with E-state index in [1.807, 2.05) is 28.2 Å². The normalized spacial score (nSPS) is 11.0. The SMILES string of the molecule is O=[N+]([O-])c1cccc(CNCc2cn3ccsc3n2)c1. The van der Waals surface area contributed by atoms with Crippen LogP contribution in [0.1, 0.15) is 11.3 Å². The molecule has 0 saturated carbocycles. The predicted molar refractivity (Wildman–Crippen MR) is 76.7 cm³/mol. The first kappa shape index (κ1) is 12.8. The van der Waals surface area contributed by atoms with Crippen LogP contribution < -0.4 is 5.32 Å². The number of nitrogens with one attached hydrogen (secondary N) is 1. The van der Waals surface area contributed by atoms with Crippen molar-refractivity contribution in [3.63, 3.8) is 0 Å². The van der Waals surface area contributed by atoms with E-state index < -0.39 is 0 Å². The zero-order chi connectivity index (χ0) is 13.9. The molecule has 2 aromatic heterocycles. The minimum Gasteiger partial charge on any atom is -0.307 e. The monoisotopic (exact) mass is 288 g/mol.